The molecule has 7 nitrogen and oxygen atoms in total. The molecule has 1 fully saturated rings. The SMILES string of the molecule is OC1CCN(c2ccc3nc(-c4n[nH]c5ccc(OCc6ccccc6)cc45)[nH]c3c2)CC1. The van der Waals surface area contributed by atoms with E-state index in [-0.39, 0.29) is 6.10 Å². The fourth-order valence-electron chi connectivity index (χ4n) is 4.43. The zero-order valence-corrected chi connectivity index (χ0v) is 18.2. The molecule has 5 aromatic rings. The first kappa shape index (κ1) is 19.8. The van der Waals surface area contributed by atoms with Crippen LogP contribution in [0.25, 0.3) is 33.5 Å². The zero-order chi connectivity index (χ0) is 22.2. The average Bonchev–Trinajstić information content (AvgIpc) is 3.47. The number of aliphatic hydroxyl groups is 1. The van der Waals surface area contributed by atoms with E-state index < -0.39 is 0 Å². The highest BCUT2D eigenvalue weighted by molar-refractivity contribution is 5.94. The molecular formula is C26H25N5O2. The molecule has 0 atom stereocenters. The Labute approximate surface area is 191 Å². The number of aliphatic hydroxyl groups excluding tert-OH is 1. The third-order valence-electron chi connectivity index (χ3n) is 6.30. The number of hydrogen-bond acceptors (Lipinski definition) is 5. The lowest BCUT2D eigenvalue weighted by atomic mass is 10.1. The quantitative estimate of drug-likeness (QED) is 0.371. The van der Waals surface area contributed by atoms with E-state index in [0.29, 0.717) is 6.61 Å². The molecule has 7 heteroatoms. The molecule has 3 N–H and O–H groups in total. The molecule has 0 unspecified atom stereocenters. The summed E-state index contributed by atoms with van der Waals surface area (Å²) in [7, 11) is 0. The average molecular weight is 440 g/mol. The number of nitrogens with one attached hydrogen (secondary N) is 2. The van der Waals surface area contributed by atoms with Crippen LogP contribution < -0.4 is 9.64 Å². The Morgan fingerprint density at radius 2 is 1.82 bits per heavy atom. The monoisotopic (exact) mass is 439 g/mol. The van der Waals surface area contributed by atoms with E-state index >= 15 is 0 Å². The summed E-state index contributed by atoms with van der Waals surface area (Å²) in [5.74, 6) is 1.52. The molecule has 3 aromatic carbocycles. The molecule has 166 valence electrons. The number of benzene rings is 3. The van der Waals surface area contributed by atoms with Crippen molar-refractivity contribution in [1.82, 2.24) is 20.2 Å². The molecule has 33 heavy (non-hydrogen) atoms. The molecule has 0 aliphatic carbocycles. The lowest BCUT2D eigenvalue weighted by molar-refractivity contribution is 0.145. The third-order valence-corrected chi connectivity index (χ3v) is 6.30. The van der Waals surface area contributed by atoms with Gasteiger partial charge in [0.25, 0.3) is 0 Å². The molecule has 6 rings (SSSR count). The minimum atomic E-state index is -0.182. The van der Waals surface area contributed by atoms with Crippen LogP contribution in [0.2, 0.25) is 0 Å². The molecule has 1 saturated heterocycles. The second-order valence-corrected chi connectivity index (χ2v) is 8.56. The summed E-state index contributed by atoms with van der Waals surface area (Å²) in [6, 6.07) is 22.3. The van der Waals surface area contributed by atoms with E-state index in [4.69, 9.17) is 9.72 Å². The number of anilines is 1. The Morgan fingerprint density at radius 1 is 0.970 bits per heavy atom. The van der Waals surface area contributed by atoms with Crippen LogP contribution in [0.3, 0.4) is 0 Å². The van der Waals surface area contributed by atoms with Crippen LogP contribution >= 0.6 is 0 Å². The number of ether oxygens (including phenoxy) is 1. The van der Waals surface area contributed by atoms with Crippen LogP contribution in [0.4, 0.5) is 5.69 Å². The second-order valence-electron chi connectivity index (χ2n) is 8.56. The van der Waals surface area contributed by atoms with Gasteiger partial charge in [0.05, 0.1) is 22.7 Å². The van der Waals surface area contributed by atoms with Crippen molar-refractivity contribution in [3.05, 3.63) is 72.3 Å². The number of nitrogens with zero attached hydrogens (tertiary/aromatic N) is 3. The van der Waals surface area contributed by atoms with Gasteiger partial charge in [-0.1, -0.05) is 30.3 Å². The van der Waals surface area contributed by atoms with Crippen molar-refractivity contribution in [2.24, 2.45) is 0 Å². The van der Waals surface area contributed by atoms with E-state index in [0.717, 1.165) is 76.4 Å². The fourth-order valence-corrected chi connectivity index (χ4v) is 4.43. The van der Waals surface area contributed by atoms with Gasteiger partial charge >= 0.3 is 0 Å². The van der Waals surface area contributed by atoms with Crippen molar-refractivity contribution in [1.29, 1.82) is 0 Å². The Morgan fingerprint density at radius 3 is 2.67 bits per heavy atom. The standard InChI is InChI=1S/C26H25N5O2/c32-19-10-12-31(13-11-19)18-6-8-23-24(14-18)28-26(27-23)25-21-15-20(7-9-22(21)29-30-25)33-16-17-4-2-1-3-5-17/h1-9,14-15,19,32H,10-13,16H2,(H,27,28)(H,29,30). The highest BCUT2D eigenvalue weighted by Gasteiger charge is 2.19. The van der Waals surface area contributed by atoms with Crippen molar-refractivity contribution in [2.75, 3.05) is 18.0 Å². The highest BCUT2D eigenvalue weighted by Crippen LogP contribution is 2.31. The molecule has 0 amide bonds. The summed E-state index contributed by atoms with van der Waals surface area (Å²) in [6.07, 6.45) is 1.43. The van der Waals surface area contributed by atoms with Gasteiger partial charge in [0.2, 0.25) is 0 Å². The van der Waals surface area contributed by atoms with Gasteiger partial charge in [0.15, 0.2) is 5.82 Å². The molecule has 0 radical (unpaired) electrons. The van der Waals surface area contributed by atoms with Gasteiger partial charge in [-0.05, 0) is 54.8 Å². The molecule has 0 spiro atoms. The van der Waals surface area contributed by atoms with Crippen molar-refractivity contribution < 1.29 is 9.84 Å². The fraction of sp³-hybridized carbons (Fsp3) is 0.231. The van der Waals surface area contributed by atoms with Gasteiger partial charge in [-0.2, -0.15) is 5.10 Å². The first-order valence-electron chi connectivity index (χ1n) is 11.3. The number of piperidine rings is 1. The number of H-pyrrole nitrogens is 2. The Balaban J connectivity index is 1.29. The third kappa shape index (κ3) is 3.91. The summed E-state index contributed by atoms with van der Waals surface area (Å²) < 4.78 is 6.01. The summed E-state index contributed by atoms with van der Waals surface area (Å²) in [6.45, 7) is 2.24. The maximum atomic E-state index is 9.79. The number of fused-ring (bicyclic) bond motifs is 2. The number of imidazole rings is 1. The number of aromatic amines is 2. The minimum absolute atomic E-state index is 0.182. The number of rotatable bonds is 5. The van der Waals surface area contributed by atoms with E-state index in [9.17, 15) is 5.11 Å². The van der Waals surface area contributed by atoms with Crippen molar-refractivity contribution in [3.8, 4) is 17.3 Å². The van der Waals surface area contributed by atoms with Gasteiger partial charge in [-0.15, -0.1) is 0 Å². The lowest BCUT2D eigenvalue weighted by Crippen LogP contribution is -2.35. The maximum Gasteiger partial charge on any atom is 0.159 e. The van der Waals surface area contributed by atoms with Gasteiger partial charge < -0.3 is 19.7 Å². The molecule has 3 heterocycles. The molecule has 1 aliphatic rings. The van der Waals surface area contributed by atoms with Gasteiger partial charge in [0, 0.05) is 24.2 Å². The largest absolute Gasteiger partial charge is 0.489 e. The Kier molecular flexibility index (Phi) is 4.96. The first-order chi connectivity index (χ1) is 16.2. The van der Waals surface area contributed by atoms with Crippen LogP contribution in [0.1, 0.15) is 18.4 Å². The van der Waals surface area contributed by atoms with Crippen molar-refractivity contribution >= 4 is 27.6 Å². The molecule has 0 saturated carbocycles. The minimum Gasteiger partial charge on any atom is -0.489 e. The van der Waals surface area contributed by atoms with Crippen molar-refractivity contribution in [3.63, 3.8) is 0 Å². The maximum absolute atomic E-state index is 9.79. The van der Waals surface area contributed by atoms with Gasteiger partial charge in [0.1, 0.15) is 18.1 Å². The number of aromatic nitrogens is 4. The summed E-state index contributed by atoms with van der Waals surface area (Å²) >= 11 is 0. The normalized spacial score (nSPS) is 14.9. The second kappa shape index (κ2) is 8.26. The van der Waals surface area contributed by atoms with Gasteiger partial charge in [-0.25, -0.2) is 4.98 Å². The first-order valence-corrected chi connectivity index (χ1v) is 11.3. The van der Waals surface area contributed by atoms with E-state index in [1.807, 2.05) is 42.5 Å². The van der Waals surface area contributed by atoms with Crippen LogP contribution in [0.15, 0.2) is 66.7 Å². The highest BCUT2D eigenvalue weighted by atomic mass is 16.5. The predicted molar refractivity (Wildman–Crippen MR) is 129 cm³/mol. The van der Waals surface area contributed by atoms with Gasteiger partial charge in [-0.3, -0.25) is 5.10 Å². The van der Waals surface area contributed by atoms with Crippen LogP contribution in [-0.4, -0.2) is 44.5 Å². The van der Waals surface area contributed by atoms with E-state index in [2.05, 4.69) is 44.3 Å². The molecule has 2 aromatic heterocycles. The van der Waals surface area contributed by atoms with Crippen LogP contribution in [-0.2, 0) is 6.61 Å². The summed E-state index contributed by atoms with van der Waals surface area (Å²) in [4.78, 5) is 10.5. The number of hydrogen-bond donors (Lipinski definition) is 3. The predicted octanol–water partition coefficient (Wildman–Crippen LogP) is 4.65. The van der Waals surface area contributed by atoms with E-state index in [1.165, 1.54) is 0 Å². The molecule has 0 bridgehead atoms. The molecule has 1 aliphatic heterocycles. The zero-order valence-electron chi connectivity index (χ0n) is 18.2. The lowest BCUT2D eigenvalue weighted by Gasteiger charge is -2.31. The summed E-state index contributed by atoms with van der Waals surface area (Å²) in [5, 5.41) is 18.4. The molecular weight excluding hydrogens is 414 g/mol. The summed E-state index contributed by atoms with van der Waals surface area (Å²) in [5.41, 5.74) is 5.85. The topological polar surface area (TPSA) is 90.1 Å². The Hall–Kier alpha value is -3.84. The van der Waals surface area contributed by atoms with Crippen LogP contribution in [0, 0.1) is 0 Å². The van der Waals surface area contributed by atoms with Crippen molar-refractivity contribution in [2.45, 2.75) is 25.6 Å². The van der Waals surface area contributed by atoms with E-state index in [1.54, 1.807) is 0 Å². The Bertz CT molecular complexity index is 1400. The van der Waals surface area contributed by atoms with Crippen LogP contribution in [0.5, 0.6) is 5.75 Å². The smallest absolute Gasteiger partial charge is 0.159 e.